The molecule has 7 nitrogen and oxygen atoms in total. The molecule has 1 aromatic carbocycles. The van der Waals surface area contributed by atoms with E-state index >= 15 is 0 Å². The number of rotatable bonds is 8. The van der Waals surface area contributed by atoms with Crippen LogP contribution in [0.15, 0.2) is 18.2 Å². The number of carboxylic acids is 1. The summed E-state index contributed by atoms with van der Waals surface area (Å²) in [5.74, 6) is -0.799. The van der Waals surface area contributed by atoms with Crippen molar-refractivity contribution in [1.29, 1.82) is 0 Å². The summed E-state index contributed by atoms with van der Waals surface area (Å²) < 4.78 is 4.97. The molecule has 0 radical (unpaired) electrons. The number of anilines is 1. The van der Waals surface area contributed by atoms with Crippen molar-refractivity contribution in [2.75, 3.05) is 12.4 Å². The van der Waals surface area contributed by atoms with Gasteiger partial charge in [-0.2, -0.15) is 0 Å². The third kappa shape index (κ3) is 4.11. The van der Waals surface area contributed by atoms with Crippen molar-refractivity contribution >= 4 is 17.3 Å². The number of carboxylic acid groups (broad SMARTS) is 1. The van der Waals surface area contributed by atoms with Gasteiger partial charge in [0.15, 0.2) is 5.75 Å². The fourth-order valence-corrected chi connectivity index (χ4v) is 2.00. The van der Waals surface area contributed by atoms with E-state index in [1.165, 1.54) is 13.2 Å². The summed E-state index contributed by atoms with van der Waals surface area (Å²) in [5.41, 5.74) is 0.0931. The van der Waals surface area contributed by atoms with Crippen LogP contribution in [0.25, 0.3) is 0 Å². The number of nitrogens with zero attached hydrogens (tertiary/aromatic N) is 1. The smallest absolute Gasteiger partial charge is 0.333 e. The van der Waals surface area contributed by atoms with Gasteiger partial charge in [-0.1, -0.05) is 19.4 Å². The molecule has 0 fully saturated rings. The zero-order chi connectivity index (χ0) is 15.1. The maximum absolute atomic E-state index is 11.1. The van der Waals surface area contributed by atoms with Crippen LogP contribution < -0.4 is 10.1 Å². The number of nitro groups is 1. The van der Waals surface area contributed by atoms with E-state index in [9.17, 15) is 14.9 Å². The average Bonchev–Trinajstić information content (AvgIpc) is 2.37. The van der Waals surface area contributed by atoms with Gasteiger partial charge in [-0.3, -0.25) is 14.9 Å². The molecule has 1 atom stereocenters. The Balaban J connectivity index is 3.05. The minimum absolute atomic E-state index is 0.0950. The zero-order valence-electron chi connectivity index (χ0n) is 11.5. The Kier molecular flexibility index (Phi) is 5.76. The molecule has 1 unspecified atom stereocenters. The summed E-state index contributed by atoms with van der Waals surface area (Å²) in [5, 5.41) is 22.9. The molecule has 0 heterocycles. The molecule has 0 bridgehead atoms. The molecule has 2 N–H and O–H groups in total. The lowest BCUT2D eigenvalue weighted by Gasteiger charge is -2.18. The number of methoxy groups -OCH3 is 1. The summed E-state index contributed by atoms with van der Waals surface area (Å²) in [6.07, 6.45) is 1.30. The average molecular weight is 282 g/mol. The van der Waals surface area contributed by atoms with E-state index in [1.54, 1.807) is 12.1 Å². The Hall–Kier alpha value is -2.31. The number of ether oxygens (including phenoxy) is 1. The third-order valence-corrected chi connectivity index (χ3v) is 2.82. The molecule has 110 valence electrons. The van der Waals surface area contributed by atoms with Gasteiger partial charge in [-0.05, 0) is 18.6 Å². The second-order valence-electron chi connectivity index (χ2n) is 4.34. The maximum atomic E-state index is 11.1. The lowest BCUT2D eigenvalue weighted by Crippen LogP contribution is -2.23. The first-order chi connectivity index (χ1) is 9.49. The van der Waals surface area contributed by atoms with Crippen molar-refractivity contribution in [3.8, 4) is 5.75 Å². The van der Waals surface area contributed by atoms with Gasteiger partial charge in [-0.15, -0.1) is 0 Å². The van der Waals surface area contributed by atoms with E-state index < -0.39 is 10.9 Å². The molecule has 1 rings (SSSR count). The van der Waals surface area contributed by atoms with Crippen LogP contribution >= 0.6 is 0 Å². The van der Waals surface area contributed by atoms with Gasteiger partial charge < -0.3 is 15.2 Å². The molecule has 0 aromatic heterocycles. The normalized spacial score (nSPS) is 11.7. The molecular formula is C13H18N2O5. The largest absolute Gasteiger partial charge is 0.490 e. The molecule has 0 aliphatic carbocycles. The molecule has 0 saturated carbocycles. The van der Waals surface area contributed by atoms with Crippen LogP contribution in [-0.2, 0) is 4.79 Å². The number of para-hydroxylation sites is 1. The number of nitrogens with one attached hydrogen (secondary N) is 1. The van der Waals surface area contributed by atoms with Gasteiger partial charge in [-0.25, -0.2) is 0 Å². The first kappa shape index (κ1) is 15.7. The number of hydrogen-bond acceptors (Lipinski definition) is 5. The van der Waals surface area contributed by atoms with Gasteiger partial charge in [0.2, 0.25) is 0 Å². The number of aliphatic carboxylic acids is 1. The summed E-state index contributed by atoms with van der Waals surface area (Å²) in [6, 6.07) is 4.31. The summed E-state index contributed by atoms with van der Waals surface area (Å²) in [6.45, 7) is 1.93. The van der Waals surface area contributed by atoms with Gasteiger partial charge in [0.1, 0.15) is 5.69 Å². The Labute approximate surface area is 116 Å². The van der Waals surface area contributed by atoms with Crippen molar-refractivity contribution in [2.45, 2.75) is 32.2 Å². The predicted molar refractivity (Wildman–Crippen MR) is 74.2 cm³/mol. The van der Waals surface area contributed by atoms with Crippen LogP contribution in [0.2, 0.25) is 0 Å². The van der Waals surface area contributed by atoms with Gasteiger partial charge in [0.05, 0.1) is 18.5 Å². The van der Waals surface area contributed by atoms with Crippen molar-refractivity contribution in [2.24, 2.45) is 0 Å². The second-order valence-corrected chi connectivity index (χ2v) is 4.34. The first-order valence-electron chi connectivity index (χ1n) is 6.29. The minimum atomic E-state index is -0.943. The van der Waals surface area contributed by atoms with Gasteiger partial charge >= 0.3 is 11.7 Å². The number of nitro benzene ring substituents is 1. The SMILES string of the molecule is CCCC(CC(=O)O)Nc1cccc(OC)c1[N+](=O)[O-]. The summed E-state index contributed by atoms with van der Waals surface area (Å²) in [7, 11) is 1.35. The lowest BCUT2D eigenvalue weighted by molar-refractivity contribution is -0.384. The first-order valence-corrected chi connectivity index (χ1v) is 6.29. The lowest BCUT2D eigenvalue weighted by atomic mass is 10.1. The standard InChI is InChI=1S/C13H18N2O5/c1-3-5-9(8-12(16)17)14-10-6-4-7-11(20-2)13(10)15(18)19/h4,6-7,9,14H,3,5,8H2,1-2H3,(H,16,17). The van der Waals surface area contributed by atoms with E-state index in [4.69, 9.17) is 9.84 Å². The van der Waals surface area contributed by atoms with Crippen molar-refractivity contribution in [1.82, 2.24) is 0 Å². The molecule has 0 aliphatic heterocycles. The highest BCUT2D eigenvalue weighted by Gasteiger charge is 2.23. The fourth-order valence-electron chi connectivity index (χ4n) is 2.00. The van der Waals surface area contributed by atoms with Crippen LogP contribution in [0, 0.1) is 10.1 Å². The van der Waals surface area contributed by atoms with Gasteiger partial charge in [0, 0.05) is 6.04 Å². The Bertz CT molecular complexity index is 490. The number of benzene rings is 1. The van der Waals surface area contributed by atoms with E-state index in [1.807, 2.05) is 6.92 Å². The maximum Gasteiger partial charge on any atom is 0.333 e. The molecule has 7 heteroatoms. The van der Waals surface area contributed by atoms with Gasteiger partial charge in [0.25, 0.3) is 0 Å². The van der Waals surface area contributed by atoms with Crippen LogP contribution in [0.4, 0.5) is 11.4 Å². The highest BCUT2D eigenvalue weighted by atomic mass is 16.6. The molecule has 1 aromatic rings. The van der Waals surface area contributed by atoms with E-state index in [0.717, 1.165) is 6.42 Å². The van der Waals surface area contributed by atoms with Crippen LogP contribution in [-0.4, -0.2) is 29.2 Å². The molecule has 0 aliphatic rings. The predicted octanol–water partition coefficient (Wildman–Crippen LogP) is 2.66. The zero-order valence-corrected chi connectivity index (χ0v) is 11.5. The summed E-state index contributed by atoms with van der Waals surface area (Å²) >= 11 is 0. The molecule has 0 saturated heterocycles. The van der Waals surface area contributed by atoms with Crippen LogP contribution in [0.1, 0.15) is 26.2 Å². The topological polar surface area (TPSA) is 102 Å². The minimum Gasteiger partial charge on any atom is -0.490 e. The van der Waals surface area contributed by atoms with E-state index in [2.05, 4.69) is 5.32 Å². The van der Waals surface area contributed by atoms with E-state index in [-0.39, 0.29) is 29.6 Å². The Morgan fingerprint density at radius 2 is 2.25 bits per heavy atom. The third-order valence-electron chi connectivity index (χ3n) is 2.82. The molecule has 20 heavy (non-hydrogen) atoms. The Morgan fingerprint density at radius 3 is 2.75 bits per heavy atom. The molecule has 0 amide bonds. The van der Waals surface area contributed by atoms with E-state index in [0.29, 0.717) is 6.42 Å². The molecular weight excluding hydrogens is 264 g/mol. The van der Waals surface area contributed by atoms with Crippen molar-refractivity contribution in [3.05, 3.63) is 28.3 Å². The highest BCUT2D eigenvalue weighted by molar-refractivity contribution is 5.71. The molecule has 0 spiro atoms. The quantitative estimate of drug-likeness (QED) is 0.561. The fraction of sp³-hybridized carbons (Fsp3) is 0.462. The summed E-state index contributed by atoms with van der Waals surface area (Å²) in [4.78, 5) is 21.4. The number of hydrogen-bond donors (Lipinski definition) is 2. The van der Waals surface area contributed by atoms with Crippen molar-refractivity contribution in [3.63, 3.8) is 0 Å². The van der Waals surface area contributed by atoms with Crippen molar-refractivity contribution < 1.29 is 19.6 Å². The van der Waals surface area contributed by atoms with Crippen LogP contribution in [0.5, 0.6) is 5.75 Å². The monoisotopic (exact) mass is 282 g/mol. The number of carbonyl (C=O) groups is 1. The Morgan fingerprint density at radius 1 is 1.55 bits per heavy atom. The van der Waals surface area contributed by atoms with Crippen LogP contribution in [0.3, 0.4) is 0 Å². The second kappa shape index (κ2) is 7.32. The highest BCUT2D eigenvalue weighted by Crippen LogP contribution is 2.35.